The Labute approximate surface area is 157 Å². The van der Waals surface area contributed by atoms with Crippen LogP contribution in [-0.2, 0) is 14.8 Å². The average molecular weight is 399 g/mol. The van der Waals surface area contributed by atoms with Crippen molar-refractivity contribution >= 4 is 38.9 Å². The third-order valence-corrected chi connectivity index (χ3v) is 5.39. The SMILES string of the molecule is Cc1ccc(C)c(N([C@H](C)C(=O)Nc2ccc(F)c(Cl)c2)S(C)(=O)=O)c1. The lowest BCUT2D eigenvalue weighted by Gasteiger charge is -2.29. The van der Waals surface area contributed by atoms with E-state index in [2.05, 4.69) is 5.32 Å². The van der Waals surface area contributed by atoms with Gasteiger partial charge < -0.3 is 5.32 Å². The molecule has 5 nitrogen and oxygen atoms in total. The minimum atomic E-state index is -3.72. The molecule has 0 unspecified atom stereocenters. The first kappa shape index (κ1) is 20.2. The van der Waals surface area contributed by atoms with Gasteiger partial charge in [-0.05, 0) is 56.2 Å². The van der Waals surface area contributed by atoms with Crippen molar-refractivity contribution in [2.45, 2.75) is 26.8 Å². The Morgan fingerprint density at radius 1 is 1.19 bits per heavy atom. The molecular weight excluding hydrogens is 379 g/mol. The molecular formula is C18H20ClFN2O3S. The number of nitrogens with zero attached hydrogens (tertiary/aromatic N) is 1. The summed E-state index contributed by atoms with van der Waals surface area (Å²) in [5.74, 6) is -1.16. The lowest BCUT2D eigenvalue weighted by atomic mass is 10.1. The first-order chi connectivity index (χ1) is 12.0. The predicted molar refractivity (Wildman–Crippen MR) is 103 cm³/mol. The van der Waals surface area contributed by atoms with Gasteiger partial charge in [0.2, 0.25) is 15.9 Å². The zero-order valence-electron chi connectivity index (χ0n) is 14.9. The second-order valence-electron chi connectivity index (χ2n) is 6.14. The number of carbonyl (C=O) groups excluding carboxylic acids is 1. The molecule has 0 aliphatic rings. The second kappa shape index (κ2) is 7.63. The van der Waals surface area contributed by atoms with E-state index in [0.29, 0.717) is 5.69 Å². The van der Waals surface area contributed by atoms with Crippen LogP contribution in [0.25, 0.3) is 0 Å². The highest BCUT2D eigenvalue weighted by molar-refractivity contribution is 7.92. The van der Waals surface area contributed by atoms with Crippen LogP contribution in [-0.4, -0.2) is 26.6 Å². The number of hydrogen-bond acceptors (Lipinski definition) is 3. The van der Waals surface area contributed by atoms with Crippen molar-refractivity contribution in [1.82, 2.24) is 0 Å². The van der Waals surface area contributed by atoms with Crippen LogP contribution in [0.3, 0.4) is 0 Å². The smallest absolute Gasteiger partial charge is 0.247 e. The van der Waals surface area contributed by atoms with Gasteiger partial charge in [-0.25, -0.2) is 12.8 Å². The van der Waals surface area contributed by atoms with Crippen LogP contribution in [0.1, 0.15) is 18.1 Å². The molecule has 0 aromatic heterocycles. The number of sulfonamides is 1. The van der Waals surface area contributed by atoms with Crippen LogP contribution < -0.4 is 9.62 Å². The maximum Gasteiger partial charge on any atom is 0.247 e. The van der Waals surface area contributed by atoms with Gasteiger partial charge >= 0.3 is 0 Å². The lowest BCUT2D eigenvalue weighted by Crippen LogP contribution is -2.45. The third kappa shape index (κ3) is 4.53. The van der Waals surface area contributed by atoms with E-state index >= 15 is 0 Å². The fourth-order valence-electron chi connectivity index (χ4n) is 2.56. The van der Waals surface area contributed by atoms with E-state index in [1.54, 1.807) is 19.1 Å². The van der Waals surface area contributed by atoms with Crippen LogP contribution in [0.5, 0.6) is 0 Å². The van der Waals surface area contributed by atoms with E-state index in [1.807, 2.05) is 13.0 Å². The van der Waals surface area contributed by atoms with Crippen LogP contribution in [0.2, 0.25) is 5.02 Å². The summed E-state index contributed by atoms with van der Waals surface area (Å²) in [6.45, 7) is 5.11. The minimum Gasteiger partial charge on any atom is -0.324 e. The lowest BCUT2D eigenvalue weighted by molar-refractivity contribution is -0.116. The van der Waals surface area contributed by atoms with Crippen molar-refractivity contribution in [3.63, 3.8) is 0 Å². The zero-order chi connectivity index (χ0) is 19.6. The van der Waals surface area contributed by atoms with E-state index in [1.165, 1.54) is 19.1 Å². The van der Waals surface area contributed by atoms with E-state index in [9.17, 15) is 17.6 Å². The van der Waals surface area contributed by atoms with E-state index in [0.717, 1.165) is 27.8 Å². The van der Waals surface area contributed by atoms with E-state index in [4.69, 9.17) is 11.6 Å². The molecule has 140 valence electrons. The topological polar surface area (TPSA) is 66.5 Å². The van der Waals surface area contributed by atoms with Gasteiger partial charge in [-0.2, -0.15) is 0 Å². The largest absolute Gasteiger partial charge is 0.324 e. The Morgan fingerprint density at radius 3 is 2.42 bits per heavy atom. The molecule has 0 spiro atoms. The van der Waals surface area contributed by atoms with Crippen LogP contribution in [0, 0.1) is 19.7 Å². The number of amides is 1. The molecule has 1 amide bonds. The van der Waals surface area contributed by atoms with Crippen molar-refractivity contribution in [2.75, 3.05) is 15.9 Å². The molecule has 1 atom stereocenters. The summed E-state index contributed by atoms with van der Waals surface area (Å²) in [5, 5.41) is 2.44. The summed E-state index contributed by atoms with van der Waals surface area (Å²) in [4.78, 5) is 12.6. The van der Waals surface area contributed by atoms with Crippen LogP contribution >= 0.6 is 11.6 Å². The minimum absolute atomic E-state index is 0.134. The first-order valence-corrected chi connectivity index (χ1v) is 10.1. The molecule has 8 heteroatoms. The second-order valence-corrected chi connectivity index (χ2v) is 8.41. The third-order valence-electron chi connectivity index (χ3n) is 3.88. The van der Waals surface area contributed by atoms with Gasteiger partial charge in [-0.1, -0.05) is 23.7 Å². The molecule has 0 radical (unpaired) electrons. The Bertz CT molecular complexity index is 947. The highest BCUT2D eigenvalue weighted by Crippen LogP contribution is 2.27. The van der Waals surface area contributed by atoms with Gasteiger partial charge in [0.1, 0.15) is 11.9 Å². The molecule has 2 rings (SSSR count). The number of aryl methyl sites for hydroxylation is 2. The predicted octanol–water partition coefficient (Wildman–Crippen LogP) is 3.89. The molecule has 0 saturated carbocycles. The molecule has 0 bridgehead atoms. The summed E-state index contributed by atoms with van der Waals surface area (Å²) >= 11 is 5.71. The number of nitrogens with one attached hydrogen (secondary N) is 1. The summed E-state index contributed by atoms with van der Waals surface area (Å²) in [5.41, 5.74) is 2.32. The Hall–Kier alpha value is -2.12. The summed E-state index contributed by atoms with van der Waals surface area (Å²) < 4.78 is 39.1. The molecule has 2 aromatic carbocycles. The molecule has 0 aliphatic heterocycles. The van der Waals surface area contributed by atoms with E-state index in [-0.39, 0.29) is 10.7 Å². The Balaban J connectivity index is 2.37. The molecule has 0 heterocycles. The maximum atomic E-state index is 13.3. The van der Waals surface area contributed by atoms with Crippen molar-refractivity contribution in [3.05, 3.63) is 58.4 Å². The normalized spacial score (nSPS) is 12.5. The van der Waals surface area contributed by atoms with Crippen molar-refractivity contribution in [2.24, 2.45) is 0 Å². The number of carbonyl (C=O) groups is 1. The number of anilines is 2. The fraction of sp³-hybridized carbons (Fsp3) is 0.278. The molecule has 26 heavy (non-hydrogen) atoms. The van der Waals surface area contributed by atoms with Crippen molar-refractivity contribution < 1.29 is 17.6 Å². The van der Waals surface area contributed by atoms with Gasteiger partial charge in [0.05, 0.1) is 17.0 Å². The molecule has 2 aromatic rings. The molecule has 0 saturated heterocycles. The highest BCUT2D eigenvalue weighted by atomic mass is 35.5. The number of rotatable bonds is 5. The summed E-state index contributed by atoms with van der Waals surface area (Å²) in [6.07, 6.45) is 1.05. The van der Waals surface area contributed by atoms with Gasteiger partial charge in [0.15, 0.2) is 0 Å². The number of halogens is 2. The first-order valence-electron chi connectivity index (χ1n) is 7.83. The Kier molecular flexibility index (Phi) is 5.93. The zero-order valence-corrected chi connectivity index (χ0v) is 16.5. The maximum absolute atomic E-state index is 13.3. The average Bonchev–Trinajstić information content (AvgIpc) is 2.53. The summed E-state index contributed by atoms with van der Waals surface area (Å²) in [7, 11) is -3.72. The van der Waals surface area contributed by atoms with Crippen LogP contribution in [0.15, 0.2) is 36.4 Å². The number of hydrogen-bond donors (Lipinski definition) is 1. The highest BCUT2D eigenvalue weighted by Gasteiger charge is 2.30. The Morgan fingerprint density at radius 2 is 1.85 bits per heavy atom. The van der Waals surface area contributed by atoms with Crippen molar-refractivity contribution in [3.8, 4) is 0 Å². The molecule has 0 fully saturated rings. The van der Waals surface area contributed by atoms with Gasteiger partial charge in [-0.15, -0.1) is 0 Å². The summed E-state index contributed by atoms with van der Waals surface area (Å²) in [6, 6.07) is 8.11. The van der Waals surface area contributed by atoms with Gasteiger partial charge in [0.25, 0.3) is 0 Å². The fourth-order valence-corrected chi connectivity index (χ4v) is 3.96. The van der Waals surface area contributed by atoms with Gasteiger partial charge in [0, 0.05) is 5.69 Å². The van der Waals surface area contributed by atoms with Crippen LogP contribution in [0.4, 0.5) is 15.8 Å². The standard InChI is InChI=1S/C18H20ClFN2O3S/c1-11-5-6-12(2)17(9-11)22(26(4,24)25)13(3)18(23)21-14-7-8-16(20)15(19)10-14/h5-10,13H,1-4H3,(H,21,23)/t13-/m1/s1. The quantitative estimate of drug-likeness (QED) is 0.830. The number of benzene rings is 2. The van der Waals surface area contributed by atoms with Gasteiger partial charge in [-0.3, -0.25) is 9.10 Å². The van der Waals surface area contributed by atoms with Crippen molar-refractivity contribution in [1.29, 1.82) is 0 Å². The molecule has 0 aliphatic carbocycles. The monoisotopic (exact) mass is 398 g/mol. The van der Waals surface area contributed by atoms with E-state index < -0.39 is 27.8 Å². The molecule has 1 N–H and O–H groups in total.